The van der Waals surface area contributed by atoms with E-state index in [0.29, 0.717) is 29.3 Å². The Kier molecular flexibility index (Phi) is 9.30. The van der Waals surface area contributed by atoms with E-state index in [-0.39, 0.29) is 34.7 Å². The van der Waals surface area contributed by atoms with Crippen molar-refractivity contribution in [2.75, 3.05) is 20.1 Å². The SMILES string of the molecule is CN=C(NCCNS(=O)(=O)c1ccc(Cl)s1)NCc1nc(C)c(C)o1.I. The summed E-state index contributed by atoms with van der Waals surface area (Å²) >= 11 is 6.78. The van der Waals surface area contributed by atoms with Gasteiger partial charge in [-0.15, -0.1) is 35.3 Å². The predicted octanol–water partition coefficient (Wildman–Crippen LogP) is 2.27. The van der Waals surface area contributed by atoms with E-state index in [1.54, 1.807) is 13.1 Å². The van der Waals surface area contributed by atoms with Gasteiger partial charge in [0.2, 0.25) is 15.9 Å². The maximum absolute atomic E-state index is 12.1. The minimum atomic E-state index is -3.54. The summed E-state index contributed by atoms with van der Waals surface area (Å²) < 4.78 is 32.7. The van der Waals surface area contributed by atoms with E-state index >= 15 is 0 Å². The number of guanidine groups is 1. The fourth-order valence-corrected chi connectivity index (χ4v) is 4.43. The summed E-state index contributed by atoms with van der Waals surface area (Å²) in [4.78, 5) is 8.33. The van der Waals surface area contributed by atoms with Crippen LogP contribution in [0.3, 0.4) is 0 Å². The van der Waals surface area contributed by atoms with Gasteiger partial charge >= 0.3 is 0 Å². The number of rotatable bonds is 7. The van der Waals surface area contributed by atoms with Crippen LogP contribution in [0, 0.1) is 13.8 Å². The van der Waals surface area contributed by atoms with Crippen molar-refractivity contribution in [2.45, 2.75) is 24.6 Å². The maximum Gasteiger partial charge on any atom is 0.250 e. The van der Waals surface area contributed by atoms with Crippen LogP contribution < -0.4 is 15.4 Å². The molecule has 8 nitrogen and oxygen atoms in total. The molecule has 0 spiro atoms. The highest BCUT2D eigenvalue weighted by molar-refractivity contribution is 14.0. The first kappa shape index (κ1) is 23.1. The molecule has 2 heterocycles. The lowest BCUT2D eigenvalue weighted by Gasteiger charge is -2.11. The van der Waals surface area contributed by atoms with Crippen molar-refractivity contribution in [1.29, 1.82) is 0 Å². The standard InChI is InChI=1S/C14H20ClN5O3S2.HI/c1-9-10(2)23-12(20-9)8-18-14(16-3)17-6-7-19-25(21,22)13-5-4-11(15)24-13;/h4-5,19H,6-8H2,1-3H3,(H2,16,17,18);1H. The van der Waals surface area contributed by atoms with Gasteiger partial charge in [0, 0.05) is 20.1 Å². The smallest absolute Gasteiger partial charge is 0.250 e. The van der Waals surface area contributed by atoms with Crippen molar-refractivity contribution in [3.63, 3.8) is 0 Å². The van der Waals surface area contributed by atoms with Gasteiger partial charge in [0.15, 0.2) is 5.96 Å². The summed E-state index contributed by atoms with van der Waals surface area (Å²) in [6.45, 7) is 4.68. The predicted molar refractivity (Wildman–Crippen MR) is 114 cm³/mol. The third kappa shape index (κ3) is 6.68. The molecule has 0 aliphatic rings. The number of aryl methyl sites for hydroxylation is 2. The van der Waals surface area contributed by atoms with Gasteiger partial charge in [-0.2, -0.15) is 0 Å². The molecule has 0 saturated carbocycles. The van der Waals surface area contributed by atoms with Gasteiger partial charge in [-0.3, -0.25) is 4.99 Å². The lowest BCUT2D eigenvalue weighted by Crippen LogP contribution is -2.41. The van der Waals surface area contributed by atoms with Crippen LogP contribution >= 0.6 is 46.9 Å². The molecule has 0 unspecified atom stereocenters. The molecule has 0 fully saturated rings. The Labute approximate surface area is 178 Å². The van der Waals surface area contributed by atoms with Gasteiger partial charge in [-0.05, 0) is 26.0 Å². The van der Waals surface area contributed by atoms with E-state index in [9.17, 15) is 8.42 Å². The molecule has 0 amide bonds. The summed E-state index contributed by atoms with van der Waals surface area (Å²) in [5.41, 5.74) is 0.850. The van der Waals surface area contributed by atoms with Crippen molar-refractivity contribution in [3.8, 4) is 0 Å². The van der Waals surface area contributed by atoms with Crippen LogP contribution in [0.1, 0.15) is 17.3 Å². The zero-order chi connectivity index (χ0) is 18.4. The fourth-order valence-electron chi connectivity index (χ4n) is 1.87. The molecule has 2 aromatic heterocycles. The Morgan fingerprint density at radius 3 is 2.58 bits per heavy atom. The molecule has 0 aliphatic carbocycles. The first-order valence-electron chi connectivity index (χ1n) is 7.44. The minimum Gasteiger partial charge on any atom is -0.444 e. The van der Waals surface area contributed by atoms with Crippen molar-refractivity contribution in [1.82, 2.24) is 20.3 Å². The number of aliphatic imine (C=N–C) groups is 1. The Morgan fingerprint density at radius 2 is 2.04 bits per heavy atom. The van der Waals surface area contributed by atoms with Gasteiger partial charge in [0.1, 0.15) is 9.97 Å². The number of aromatic nitrogens is 1. The lowest BCUT2D eigenvalue weighted by atomic mass is 10.4. The van der Waals surface area contributed by atoms with Crippen LogP contribution in [0.2, 0.25) is 4.34 Å². The molecule has 2 aromatic rings. The number of sulfonamides is 1. The van der Waals surface area contributed by atoms with E-state index < -0.39 is 10.0 Å². The highest BCUT2D eigenvalue weighted by Gasteiger charge is 2.15. The van der Waals surface area contributed by atoms with E-state index in [1.807, 2.05) is 13.8 Å². The number of nitrogens with zero attached hydrogens (tertiary/aromatic N) is 2. The number of hydrogen-bond donors (Lipinski definition) is 3. The maximum atomic E-state index is 12.1. The molecule has 0 atom stereocenters. The van der Waals surface area contributed by atoms with Gasteiger partial charge in [0.25, 0.3) is 0 Å². The minimum absolute atomic E-state index is 0. The second-order valence-corrected chi connectivity index (χ2v) is 8.77. The number of thiophene rings is 1. The van der Waals surface area contributed by atoms with Crippen molar-refractivity contribution in [3.05, 3.63) is 33.8 Å². The summed E-state index contributed by atoms with van der Waals surface area (Å²) in [5.74, 6) is 1.86. The first-order chi connectivity index (χ1) is 11.8. The molecular weight excluding hydrogens is 513 g/mol. The normalized spacial score (nSPS) is 11.9. The topological polar surface area (TPSA) is 109 Å². The second kappa shape index (κ2) is 10.4. The summed E-state index contributed by atoms with van der Waals surface area (Å²) in [5, 5.41) is 6.06. The number of oxazole rings is 1. The van der Waals surface area contributed by atoms with Crippen LogP contribution in [0.4, 0.5) is 0 Å². The second-order valence-electron chi connectivity index (χ2n) is 5.06. The number of hydrogen-bond acceptors (Lipinski definition) is 6. The highest BCUT2D eigenvalue weighted by atomic mass is 127. The van der Waals surface area contributed by atoms with E-state index in [2.05, 4.69) is 25.3 Å². The van der Waals surface area contributed by atoms with Crippen LogP contribution in [-0.4, -0.2) is 39.5 Å². The molecule has 26 heavy (non-hydrogen) atoms. The van der Waals surface area contributed by atoms with Crippen LogP contribution in [0.5, 0.6) is 0 Å². The van der Waals surface area contributed by atoms with Crippen LogP contribution in [0.25, 0.3) is 0 Å². The molecular formula is C14H21ClIN5O3S2. The molecule has 0 radical (unpaired) electrons. The summed E-state index contributed by atoms with van der Waals surface area (Å²) in [6.07, 6.45) is 0. The molecule has 2 rings (SSSR count). The molecule has 3 N–H and O–H groups in total. The lowest BCUT2D eigenvalue weighted by molar-refractivity contribution is 0.464. The Morgan fingerprint density at radius 1 is 1.31 bits per heavy atom. The van der Waals surface area contributed by atoms with E-state index in [1.165, 1.54) is 6.07 Å². The Balaban J connectivity index is 0.00000338. The molecule has 0 bridgehead atoms. The van der Waals surface area contributed by atoms with Gasteiger partial charge in [0.05, 0.1) is 16.6 Å². The monoisotopic (exact) mass is 533 g/mol. The molecule has 0 saturated heterocycles. The van der Waals surface area contributed by atoms with Gasteiger partial charge in [-0.25, -0.2) is 18.1 Å². The average Bonchev–Trinajstić information content (AvgIpc) is 3.13. The molecule has 12 heteroatoms. The van der Waals surface area contributed by atoms with Crippen molar-refractivity contribution >= 4 is 62.9 Å². The summed E-state index contributed by atoms with van der Waals surface area (Å²) in [6, 6.07) is 3.03. The third-order valence-electron chi connectivity index (χ3n) is 3.23. The first-order valence-corrected chi connectivity index (χ1v) is 10.1. The average molecular weight is 534 g/mol. The van der Waals surface area contributed by atoms with E-state index in [0.717, 1.165) is 22.8 Å². The van der Waals surface area contributed by atoms with Crippen molar-refractivity contribution in [2.24, 2.45) is 4.99 Å². The molecule has 0 aromatic carbocycles. The highest BCUT2D eigenvalue weighted by Crippen LogP contribution is 2.25. The largest absolute Gasteiger partial charge is 0.444 e. The quantitative estimate of drug-likeness (QED) is 0.218. The van der Waals surface area contributed by atoms with E-state index in [4.69, 9.17) is 16.0 Å². The van der Waals surface area contributed by atoms with Crippen molar-refractivity contribution < 1.29 is 12.8 Å². The molecule has 146 valence electrons. The Hall–Kier alpha value is -0.890. The summed E-state index contributed by atoms with van der Waals surface area (Å²) in [7, 11) is -1.92. The zero-order valence-corrected chi connectivity index (χ0v) is 19.2. The zero-order valence-electron chi connectivity index (χ0n) is 14.5. The van der Waals surface area contributed by atoms with Crippen LogP contribution in [0.15, 0.2) is 25.8 Å². The fraction of sp³-hybridized carbons (Fsp3) is 0.429. The van der Waals surface area contributed by atoms with Crippen LogP contribution in [-0.2, 0) is 16.6 Å². The van der Waals surface area contributed by atoms with Gasteiger partial charge in [-0.1, -0.05) is 11.6 Å². The Bertz CT molecular complexity index is 831. The number of nitrogens with one attached hydrogen (secondary N) is 3. The molecule has 0 aliphatic heterocycles. The third-order valence-corrected chi connectivity index (χ3v) is 6.41. The number of halogens is 2. The van der Waals surface area contributed by atoms with Gasteiger partial charge < -0.3 is 15.1 Å².